The van der Waals surface area contributed by atoms with E-state index in [9.17, 15) is 14.0 Å². The fourth-order valence-corrected chi connectivity index (χ4v) is 2.28. The maximum Gasteiger partial charge on any atom is 0.329 e. The topological polar surface area (TPSA) is 89.0 Å². The van der Waals surface area contributed by atoms with Crippen molar-refractivity contribution in [1.82, 2.24) is 10.7 Å². The number of benzene rings is 2. The molecule has 0 saturated carbocycles. The Morgan fingerprint density at radius 3 is 2.66 bits per heavy atom. The molecule has 2 aromatic rings. The lowest BCUT2D eigenvalue weighted by molar-refractivity contribution is -0.139. The minimum Gasteiger partial charge on any atom is -0.493 e. The standard InChI is InChI=1S/C21H24FN3O4/c1-4-14(2)24-20(26)21(27)25-23-12-15-8-9-18(19(11-15)28-3)29-13-16-6-5-7-17(22)10-16/h5-12,14H,4,13H2,1-3H3,(H,24,26)(H,25,27)/b23-12-/t14-/m1/s1. The monoisotopic (exact) mass is 401 g/mol. The van der Waals surface area contributed by atoms with E-state index in [0.717, 1.165) is 6.42 Å². The Kier molecular flexibility index (Phi) is 8.14. The summed E-state index contributed by atoms with van der Waals surface area (Å²) >= 11 is 0. The molecule has 2 rings (SSSR count). The molecule has 2 N–H and O–H groups in total. The van der Waals surface area contributed by atoms with E-state index in [1.165, 1.54) is 25.5 Å². The number of hydrogen-bond acceptors (Lipinski definition) is 5. The van der Waals surface area contributed by atoms with Crippen LogP contribution >= 0.6 is 0 Å². The highest BCUT2D eigenvalue weighted by atomic mass is 19.1. The molecule has 0 bridgehead atoms. The summed E-state index contributed by atoms with van der Waals surface area (Å²) in [5.74, 6) is -0.986. The summed E-state index contributed by atoms with van der Waals surface area (Å²) in [6, 6.07) is 11.1. The molecule has 0 spiro atoms. The minimum atomic E-state index is -0.844. The average molecular weight is 401 g/mol. The second-order valence-corrected chi connectivity index (χ2v) is 6.31. The van der Waals surface area contributed by atoms with Gasteiger partial charge >= 0.3 is 11.8 Å². The van der Waals surface area contributed by atoms with Gasteiger partial charge < -0.3 is 14.8 Å². The maximum atomic E-state index is 13.2. The lowest BCUT2D eigenvalue weighted by Gasteiger charge is -2.11. The van der Waals surface area contributed by atoms with Gasteiger partial charge in [0.25, 0.3) is 0 Å². The summed E-state index contributed by atoms with van der Waals surface area (Å²) in [4.78, 5) is 23.4. The highest BCUT2D eigenvalue weighted by Gasteiger charge is 2.14. The molecule has 0 unspecified atom stereocenters. The Hall–Kier alpha value is -3.42. The van der Waals surface area contributed by atoms with Gasteiger partial charge in [-0.1, -0.05) is 19.1 Å². The van der Waals surface area contributed by atoms with Crippen molar-refractivity contribution in [2.75, 3.05) is 7.11 Å². The molecule has 0 aromatic heterocycles. The molecule has 29 heavy (non-hydrogen) atoms. The summed E-state index contributed by atoms with van der Waals surface area (Å²) in [5, 5.41) is 6.33. The third-order valence-electron chi connectivity index (χ3n) is 4.05. The van der Waals surface area contributed by atoms with E-state index >= 15 is 0 Å². The highest BCUT2D eigenvalue weighted by Crippen LogP contribution is 2.28. The van der Waals surface area contributed by atoms with Crippen molar-refractivity contribution in [2.24, 2.45) is 5.10 Å². The van der Waals surface area contributed by atoms with Crippen LogP contribution in [0.2, 0.25) is 0 Å². The number of methoxy groups -OCH3 is 1. The fourth-order valence-electron chi connectivity index (χ4n) is 2.28. The van der Waals surface area contributed by atoms with Gasteiger partial charge in [0.05, 0.1) is 13.3 Å². The number of nitrogens with zero attached hydrogens (tertiary/aromatic N) is 1. The lowest BCUT2D eigenvalue weighted by atomic mass is 10.2. The molecule has 8 heteroatoms. The molecule has 0 saturated heterocycles. The van der Waals surface area contributed by atoms with Gasteiger partial charge in [-0.2, -0.15) is 5.10 Å². The van der Waals surface area contributed by atoms with Gasteiger partial charge in [0, 0.05) is 6.04 Å². The third-order valence-corrected chi connectivity index (χ3v) is 4.05. The Balaban J connectivity index is 1.96. The molecular weight excluding hydrogens is 377 g/mol. The number of halogens is 1. The second kappa shape index (κ2) is 10.8. The first-order valence-corrected chi connectivity index (χ1v) is 9.12. The Morgan fingerprint density at radius 1 is 1.17 bits per heavy atom. The predicted molar refractivity (Wildman–Crippen MR) is 107 cm³/mol. The van der Waals surface area contributed by atoms with Crippen LogP contribution < -0.4 is 20.2 Å². The number of rotatable bonds is 8. The summed E-state index contributed by atoms with van der Waals surface area (Å²) < 4.78 is 24.2. The van der Waals surface area contributed by atoms with Gasteiger partial charge in [-0.15, -0.1) is 0 Å². The van der Waals surface area contributed by atoms with Crippen LogP contribution in [0.1, 0.15) is 31.4 Å². The van der Waals surface area contributed by atoms with Crippen LogP contribution in [0.5, 0.6) is 11.5 Å². The van der Waals surface area contributed by atoms with Crippen molar-refractivity contribution in [1.29, 1.82) is 0 Å². The molecular formula is C21H24FN3O4. The van der Waals surface area contributed by atoms with E-state index in [-0.39, 0.29) is 18.5 Å². The van der Waals surface area contributed by atoms with Crippen LogP contribution in [0.25, 0.3) is 0 Å². The number of hydrazone groups is 1. The molecule has 0 aliphatic carbocycles. The largest absolute Gasteiger partial charge is 0.493 e. The number of carbonyl (C=O) groups excluding carboxylic acids is 2. The smallest absolute Gasteiger partial charge is 0.329 e. The first-order valence-electron chi connectivity index (χ1n) is 9.12. The van der Waals surface area contributed by atoms with Crippen molar-refractivity contribution in [3.63, 3.8) is 0 Å². The van der Waals surface area contributed by atoms with Crippen molar-refractivity contribution in [3.05, 3.63) is 59.4 Å². The van der Waals surface area contributed by atoms with Crippen LogP contribution in [-0.4, -0.2) is 31.2 Å². The van der Waals surface area contributed by atoms with Crippen LogP contribution in [0.15, 0.2) is 47.6 Å². The minimum absolute atomic E-state index is 0.0959. The average Bonchev–Trinajstić information content (AvgIpc) is 2.72. The zero-order valence-corrected chi connectivity index (χ0v) is 16.6. The lowest BCUT2D eigenvalue weighted by Crippen LogP contribution is -2.41. The van der Waals surface area contributed by atoms with Crippen LogP contribution in [0.3, 0.4) is 0 Å². The second-order valence-electron chi connectivity index (χ2n) is 6.31. The highest BCUT2D eigenvalue weighted by molar-refractivity contribution is 6.35. The molecule has 0 fully saturated rings. The number of ether oxygens (including phenoxy) is 2. The van der Waals surface area contributed by atoms with Crippen LogP contribution in [-0.2, 0) is 16.2 Å². The van der Waals surface area contributed by atoms with Gasteiger partial charge in [-0.05, 0) is 54.8 Å². The molecule has 2 aromatic carbocycles. The summed E-state index contributed by atoms with van der Waals surface area (Å²) in [5.41, 5.74) is 3.49. The first kappa shape index (κ1) is 21.9. The zero-order valence-electron chi connectivity index (χ0n) is 16.6. The number of carbonyl (C=O) groups is 2. The van der Waals surface area contributed by atoms with Gasteiger partial charge in [-0.3, -0.25) is 9.59 Å². The zero-order chi connectivity index (χ0) is 21.2. The van der Waals surface area contributed by atoms with Crippen molar-refractivity contribution in [3.8, 4) is 11.5 Å². The van der Waals surface area contributed by atoms with E-state index in [2.05, 4.69) is 15.8 Å². The quantitative estimate of drug-likeness (QED) is 0.404. The van der Waals surface area contributed by atoms with E-state index in [0.29, 0.717) is 22.6 Å². The fraction of sp³-hybridized carbons (Fsp3) is 0.286. The molecule has 0 radical (unpaired) electrons. The van der Waals surface area contributed by atoms with E-state index in [1.807, 2.05) is 6.92 Å². The predicted octanol–water partition coefficient (Wildman–Crippen LogP) is 2.78. The van der Waals surface area contributed by atoms with Crippen molar-refractivity contribution in [2.45, 2.75) is 32.9 Å². The van der Waals surface area contributed by atoms with Gasteiger partial charge in [-0.25, -0.2) is 9.82 Å². The van der Waals surface area contributed by atoms with E-state index in [4.69, 9.17) is 9.47 Å². The van der Waals surface area contributed by atoms with Crippen molar-refractivity contribution >= 4 is 18.0 Å². The van der Waals surface area contributed by atoms with E-state index in [1.54, 1.807) is 37.3 Å². The molecule has 0 aliphatic rings. The Morgan fingerprint density at radius 2 is 1.97 bits per heavy atom. The first-order chi connectivity index (χ1) is 13.9. The molecule has 2 amide bonds. The Bertz CT molecular complexity index is 886. The van der Waals surface area contributed by atoms with Crippen molar-refractivity contribution < 1.29 is 23.5 Å². The normalized spacial score (nSPS) is 11.7. The van der Waals surface area contributed by atoms with Crippen LogP contribution in [0, 0.1) is 5.82 Å². The Labute approximate surface area is 168 Å². The molecule has 1 atom stereocenters. The van der Waals surface area contributed by atoms with Gasteiger partial charge in [0.2, 0.25) is 0 Å². The van der Waals surface area contributed by atoms with E-state index < -0.39 is 11.8 Å². The molecule has 0 aliphatic heterocycles. The summed E-state index contributed by atoms with van der Waals surface area (Å²) in [6.07, 6.45) is 2.10. The summed E-state index contributed by atoms with van der Waals surface area (Å²) in [6.45, 7) is 3.89. The number of nitrogens with one attached hydrogen (secondary N) is 2. The molecule has 154 valence electrons. The third kappa shape index (κ3) is 6.91. The van der Waals surface area contributed by atoms with Gasteiger partial charge in [0.15, 0.2) is 11.5 Å². The van der Waals surface area contributed by atoms with Crippen LogP contribution in [0.4, 0.5) is 4.39 Å². The molecule has 0 heterocycles. The number of hydrogen-bond donors (Lipinski definition) is 2. The van der Waals surface area contributed by atoms with Gasteiger partial charge in [0.1, 0.15) is 12.4 Å². The number of amides is 2. The maximum absolute atomic E-state index is 13.2. The summed E-state index contributed by atoms with van der Waals surface area (Å²) in [7, 11) is 1.49. The molecule has 7 nitrogen and oxygen atoms in total. The SMILES string of the molecule is CC[C@@H](C)NC(=O)C(=O)N/N=C\c1ccc(OCc2cccc(F)c2)c(OC)c1.